The van der Waals surface area contributed by atoms with E-state index in [0.717, 1.165) is 19.3 Å². The third kappa shape index (κ3) is 1.96. The van der Waals surface area contributed by atoms with Crippen molar-refractivity contribution in [1.29, 1.82) is 0 Å². The lowest BCUT2D eigenvalue weighted by molar-refractivity contribution is 0.0520. The molecule has 0 bridgehead atoms. The molecule has 1 saturated carbocycles. The zero-order chi connectivity index (χ0) is 7.56. The van der Waals surface area contributed by atoms with Crippen molar-refractivity contribution in [1.82, 2.24) is 0 Å². The molecule has 1 rings (SSSR count). The molecular weight excluding hydrogens is 128 g/mol. The Kier molecular flexibility index (Phi) is 2.69. The van der Waals surface area contributed by atoms with Gasteiger partial charge in [-0.1, -0.05) is 6.92 Å². The van der Waals surface area contributed by atoms with Crippen molar-refractivity contribution in [3.05, 3.63) is 0 Å². The summed E-state index contributed by atoms with van der Waals surface area (Å²) < 4.78 is 0. The highest BCUT2D eigenvalue weighted by Gasteiger charge is 2.23. The van der Waals surface area contributed by atoms with Gasteiger partial charge >= 0.3 is 0 Å². The summed E-state index contributed by atoms with van der Waals surface area (Å²) in [5.41, 5.74) is 0. The van der Waals surface area contributed by atoms with E-state index in [-0.39, 0.29) is 12.7 Å². The van der Waals surface area contributed by atoms with Crippen LogP contribution in [0.15, 0.2) is 0 Å². The van der Waals surface area contributed by atoms with E-state index in [1.165, 1.54) is 0 Å². The van der Waals surface area contributed by atoms with Gasteiger partial charge < -0.3 is 10.2 Å². The van der Waals surface area contributed by atoms with E-state index in [2.05, 4.69) is 6.92 Å². The highest BCUT2D eigenvalue weighted by molar-refractivity contribution is 4.75. The standard InChI is InChI=1S/C8H16O2/c1-6-2-7(5-9)4-8(10)3-6/h6-10H,2-5H2,1H3. The maximum absolute atomic E-state index is 9.27. The Hall–Kier alpha value is -0.0800. The Bertz CT molecular complexity index is 93.4. The van der Waals surface area contributed by atoms with Crippen LogP contribution in [0.1, 0.15) is 26.2 Å². The molecule has 1 fully saturated rings. The third-order valence-electron chi connectivity index (χ3n) is 2.27. The minimum Gasteiger partial charge on any atom is -0.396 e. The average molecular weight is 144 g/mol. The van der Waals surface area contributed by atoms with Crippen molar-refractivity contribution in [3.63, 3.8) is 0 Å². The molecule has 2 N–H and O–H groups in total. The van der Waals surface area contributed by atoms with Gasteiger partial charge in [0, 0.05) is 6.61 Å². The number of aliphatic hydroxyl groups is 2. The van der Waals surface area contributed by atoms with Gasteiger partial charge in [0.2, 0.25) is 0 Å². The predicted molar refractivity (Wildman–Crippen MR) is 39.6 cm³/mol. The Morgan fingerprint density at radius 3 is 2.50 bits per heavy atom. The highest BCUT2D eigenvalue weighted by Crippen LogP contribution is 2.28. The molecular formula is C8H16O2. The molecule has 2 heteroatoms. The molecule has 0 aromatic heterocycles. The fraction of sp³-hybridized carbons (Fsp3) is 1.00. The van der Waals surface area contributed by atoms with Gasteiger partial charge in [-0.25, -0.2) is 0 Å². The van der Waals surface area contributed by atoms with Crippen LogP contribution in [0.4, 0.5) is 0 Å². The van der Waals surface area contributed by atoms with Crippen molar-refractivity contribution in [2.24, 2.45) is 11.8 Å². The molecule has 0 amide bonds. The molecule has 0 spiro atoms. The summed E-state index contributed by atoms with van der Waals surface area (Å²) in [6, 6.07) is 0. The van der Waals surface area contributed by atoms with E-state index in [0.29, 0.717) is 11.8 Å². The second kappa shape index (κ2) is 3.35. The first-order chi connectivity index (χ1) is 4.72. The molecule has 10 heavy (non-hydrogen) atoms. The molecule has 3 unspecified atom stereocenters. The monoisotopic (exact) mass is 144 g/mol. The summed E-state index contributed by atoms with van der Waals surface area (Å²) >= 11 is 0. The molecule has 2 nitrogen and oxygen atoms in total. The minimum atomic E-state index is -0.166. The van der Waals surface area contributed by atoms with Crippen LogP contribution in [0.2, 0.25) is 0 Å². The Labute approximate surface area is 61.9 Å². The van der Waals surface area contributed by atoms with E-state index >= 15 is 0 Å². The van der Waals surface area contributed by atoms with Gasteiger partial charge in [-0.15, -0.1) is 0 Å². The first-order valence-corrected chi connectivity index (χ1v) is 4.01. The van der Waals surface area contributed by atoms with Crippen LogP contribution >= 0.6 is 0 Å². The SMILES string of the molecule is CC1CC(O)CC(CO)C1. The number of hydrogen-bond acceptors (Lipinski definition) is 2. The van der Waals surface area contributed by atoms with E-state index in [9.17, 15) is 5.11 Å². The summed E-state index contributed by atoms with van der Waals surface area (Å²) in [7, 11) is 0. The number of hydrogen-bond donors (Lipinski definition) is 2. The van der Waals surface area contributed by atoms with Gasteiger partial charge in [0.25, 0.3) is 0 Å². The lowest BCUT2D eigenvalue weighted by Crippen LogP contribution is -2.26. The lowest BCUT2D eigenvalue weighted by Gasteiger charge is -2.28. The van der Waals surface area contributed by atoms with Crippen molar-refractivity contribution in [2.45, 2.75) is 32.3 Å². The van der Waals surface area contributed by atoms with Crippen LogP contribution in [0.5, 0.6) is 0 Å². The summed E-state index contributed by atoms with van der Waals surface area (Å²) in [4.78, 5) is 0. The first-order valence-electron chi connectivity index (χ1n) is 4.01. The quantitative estimate of drug-likeness (QED) is 0.571. The number of rotatable bonds is 1. The molecule has 0 saturated heterocycles. The molecule has 1 aliphatic carbocycles. The van der Waals surface area contributed by atoms with Crippen LogP contribution in [0.25, 0.3) is 0 Å². The molecule has 0 aliphatic heterocycles. The summed E-state index contributed by atoms with van der Waals surface area (Å²) in [5.74, 6) is 0.930. The van der Waals surface area contributed by atoms with Crippen LogP contribution < -0.4 is 0 Å². The summed E-state index contributed by atoms with van der Waals surface area (Å²) in [6.07, 6.45) is 2.62. The topological polar surface area (TPSA) is 40.5 Å². The molecule has 3 atom stereocenters. The van der Waals surface area contributed by atoms with Crippen molar-refractivity contribution in [2.75, 3.05) is 6.61 Å². The lowest BCUT2D eigenvalue weighted by atomic mass is 9.81. The molecule has 0 aromatic rings. The Morgan fingerprint density at radius 2 is 2.00 bits per heavy atom. The van der Waals surface area contributed by atoms with Gasteiger partial charge in [-0.05, 0) is 31.1 Å². The zero-order valence-corrected chi connectivity index (χ0v) is 6.45. The predicted octanol–water partition coefficient (Wildman–Crippen LogP) is 0.776. The van der Waals surface area contributed by atoms with Crippen LogP contribution in [0.3, 0.4) is 0 Å². The smallest absolute Gasteiger partial charge is 0.0546 e. The normalized spacial score (nSPS) is 41.7. The number of aliphatic hydroxyl groups excluding tert-OH is 2. The van der Waals surface area contributed by atoms with E-state index < -0.39 is 0 Å². The Morgan fingerprint density at radius 1 is 1.30 bits per heavy atom. The summed E-state index contributed by atoms with van der Waals surface area (Å²) in [5, 5.41) is 18.1. The zero-order valence-electron chi connectivity index (χ0n) is 6.45. The molecule has 0 radical (unpaired) electrons. The second-order valence-electron chi connectivity index (χ2n) is 3.51. The van der Waals surface area contributed by atoms with Gasteiger partial charge in [-0.2, -0.15) is 0 Å². The van der Waals surface area contributed by atoms with E-state index in [1.807, 2.05) is 0 Å². The highest BCUT2D eigenvalue weighted by atomic mass is 16.3. The fourth-order valence-electron chi connectivity index (χ4n) is 1.86. The Balaban J connectivity index is 2.35. The van der Waals surface area contributed by atoms with E-state index in [1.54, 1.807) is 0 Å². The minimum absolute atomic E-state index is 0.166. The molecule has 60 valence electrons. The third-order valence-corrected chi connectivity index (χ3v) is 2.27. The van der Waals surface area contributed by atoms with Crippen LogP contribution in [-0.4, -0.2) is 22.9 Å². The van der Waals surface area contributed by atoms with Crippen molar-refractivity contribution in [3.8, 4) is 0 Å². The van der Waals surface area contributed by atoms with Crippen molar-refractivity contribution >= 4 is 0 Å². The molecule has 0 heterocycles. The van der Waals surface area contributed by atoms with Gasteiger partial charge in [0.05, 0.1) is 6.10 Å². The largest absolute Gasteiger partial charge is 0.396 e. The van der Waals surface area contributed by atoms with Crippen LogP contribution in [0, 0.1) is 11.8 Å². The molecule has 1 aliphatic rings. The van der Waals surface area contributed by atoms with Gasteiger partial charge in [0.1, 0.15) is 0 Å². The fourth-order valence-corrected chi connectivity index (χ4v) is 1.86. The van der Waals surface area contributed by atoms with Crippen molar-refractivity contribution < 1.29 is 10.2 Å². The first kappa shape index (κ1) is 8.02. The van der Waals surface area contributed by atoms with Gasteiger partial charge in [-0.3, -0.25) is 0 Å². The summed E-state index contributed by atoms with van der Waals surface area (Å²) in [6.45, 7) is 2.37. The van der Waals surface area contributed by atoms with E-state index in [4.69, 9.17) is 5.11 Å². The van der Waals surface area contributed by atoms with Crippen LogP contribution in [-0.2, 0) is 0 Å². The average Bonchev–Trinajstić information content (AvgIpc) is 1.85. The maximum Gasteiger partial charge on any atom is 0.0546 e. The van der Waals surface area contributed by atoms with Gasteiger partial charge in [0.15, 0.2) is 0 Å². The molecule has 0 aromatic carbocycles. The maximum atomic E-state index is 9.27. The second-order valence-corrected chi connectivity index (χ2v) is 3.51.